The fourth-order valence-corrected chi connectivity index (χ4v) is 3.33. The SMILES string of the molecule is O=S(=O)(NC1CCCC1Cl)c1cnc[nH]1. The zero-order chi connectivity index (χ0) is 10.9. The summed E-state index contributed by atoms with van der Waals surface area (Å²) in [7, 11) is -3.49. The van der Waals surface area contributed by atoms with Crippen molar-refractivity contribution in [2.45, 2.75) is 35.7 Å². The van der Waals surface area contributed by atoms with Gasteiger partial charge in [0.25, 0.3) is 10.0 Å². The zero-order valence-corrected chi connectivity index (χ0v) is 9.55. The molecule has 1 aliphatic carbocycles. The second-order valence-electron chi connectivity index (χ2n) is 3.59. The number of H-pyrrole nitrogens is 1. The van der Waals surface area contributed by atoms with E-state index in [1.807, 2.05) is 0 Å². The number of sulfonamides is 1. The number of imidazole rings is 1. The van der Waals surface area contributed by atoms with Crippen molar-refractivity contribution in [3.05, 3.63) is 12.5 Å². The number of aromatic nitrogens is 2. The summed E-state index contributed by atoms with van der Waals surface area (Å²) in [5.74, 6) is 0. The Labute approximate surface area is 93.3 Å². The van der Waals surface area contributed by atoms with Crippen LogP contribution in [0.2, 0.25) is 0 Å². The zero-order valence-electron chi connectivity index (χ0n) is 7.98. The molecule has 2 N–H and O–H groups in total. The highest BCUT2D eigenvalue weighted by Crippen LogP contribution is 2.25. The van der Waals surface area contributed by atoms with Gasteiger partial charge in [0.2, 0.25) is 0 Å². The first kappa shape index (κ1) is 10.9. The van der Waals surface area contributed by atoms with Gasteiger partial charge in [-0.05, 0) is 12.8 Å². The monoisotopic (exact) mass is 249 g/mol. The average Bonchev–Trinajstić information content (AvgIpc) is 2.77. The first-order chi connectivity index (χ1) is 7.09. The van der Waals surface area contributed by atoms with Gasteiger partial charge in [-0.2, -0.15) is 0 Å². The number of hydrogen-bond acceptors (Lipinski definition) is 3. The average molecular weight is 250 g/mol. The van der Waals surface area contributed by atoms with Crippen molar-refractivity contribution in [3.8, 4) is 0 Å². The molecule has 2 atom stereocenters. The highest BCUT2D eigenvalue weighted by molar-refractivity contribution is 7.89. The summed E-state index contributed by atoms with van der Waals surface area (Å²) in [4.78, 5) is 6.24. The van der Waals surface area contributed by atoms with Gasteiger partial charge in [0.15, 0.2) is 5.03 Å². The Morgan fingerprint density at radius 1 is 1.53 bits per heavy atom. The van der Waals surface area contributed by atoms with Crippen LogP contribution in [0, 0.1) is 0 Å². The fourth-order valence-electron chi connectivity index (χ4n) is 1.70. The number of aromatic amines is 1. The Hall–Kier alpha value is -0.590. The van der Waals surface area contributed by atoms with Crippen molar-refractivity contribution in [1.29, 1.82) is 0 Å². The highest BCUT2D eigenvalue weighted by atomic mass is 35.5. The molecule has 0 amide bonds. The lowest BCUT2D eigenvalue weighted by molar-refractivity contribution is 0.551. The highest BCUT2D eigenvalue weighted by Gasteiger charge is 2.30. The van der Waals surface area contributed by atoms with Gasteiger partial charge in [-0.1, -0.05) is 6.42 Å². The van der Waals surface area contributed by atoms with Crippen LogP contribution in [-0.4, -0.2) is 29.8 Å². The molecule has 1 aromatic heterocycles. The van der Waals surface area contributed by atoms with E-state index in [-0.39, 0.29) is 16.4 Å². The molecule has 2 unspecified atom stereocenters. The van der Waals surface area contributed by atoms with E-state index in [9.17, 15) is 8.42 Å². The van der Waals surface area contributed by atoms with Gasteiger partial charge < -0.3 is 4.98 Å². The molecular formula is C8H12ClN3O2S. The number of rotatable bonds is 3. The summed E-state index contributed by atoms with van der Waals surface area (Å²) in [6, 6.07) is -0.167. The molecule has 0 radical (unpaired) electrons. The topological polar surface area (TPSA) is 74.8 Å². The minimum absolute atomic E-state index is 0.0817. The van der Waals surface area contributed by atoms with Crippen molar-refractivity contribution in [2.75, 3.05) is 0 Å². The fraction of sp³-hybridized carbons (Fsp3) is 0.625. The maximum Gasteiger partial charge on any atom is 0.257 e. The second-order valence-corrected chi connectivity index (χ2v) is 5.83. The first-order valence-electron chi connectivity index (χ1n) is 4.74. The summed E-state index contributed by atoms with van der Waals surface area (Å²) in [6.45, 7) is 0. The van der Waals surface area contributed by atoms with E-state index in [0.717, 1.165) is 19.3 Å². The van der Waals surface area contributed by atoms with Gasteiger partial charge in [0.1, 0.15) is 0 Å². The molecule has 1 fully saturated rings. The van der Waals surface area contributed by atoms with Crippen LogP contribution in [0.1, 0.15) is 19.3 Å². The molecule has 84 valence electrons. The van der Waals surface area contributed by atoms with Crippen LogP contribution in [0.15, 0.2) is 17.6 Å². The van der Waals surface area contributed by atoms with Crippen LogP contribution in [0.5, 0.6) is 0 Å². The Kier molecular flexibility index (Phi) is 2.99. The van der Waals surface area contributed by atoms with E-state index in [1.165, 1.54) is 12.5 Å². The van der Waals surface area contributed by atoms with Crippen LogP contribution >= 0.6 is 11.6 Å². The van der Waals surface area contributed by atoms with Gasteiger partial charge in [-0.15, -0.1) is 11.6 Å². The summed E-state index contributed by atoms with van der Waals surface area (Å²) in [6.07, 6.45) is 5.23. The van der Waals surface area contributed by atoms with Gasteiger partial charge in [0, 0.05) is 11.4 Å². The van der Waals surface area contributed by atoms with Crippen molar-refractivity contribution in [1.82, 2.24) is 14.7 Å². The van der Waals surface area contributed by atoms with Crippen LogP contribution in [0.3, 0.4) is 0 Å². The van der Waals surface area contributed by atoms with E-state index >= 15 is 0 Å². The molecule has 1 aromatic rings. The molecule has 5 nitrogen and oxygen atoms in total. The lowest BCUT2D eigenvalue weighted by Gasteiger charge is -2.14. The number of hydrogen-bond donors (Lipinski definition) is 2. The largest absolute Gasteiger partial charge is 0.335 e. The van der Waals surface area contributed by atoms with Crippen molar-refractivity contribution in [3.63, 3.8) is 0 Å². The third-order valence-electron chi connectivity index (χ3n) is 2.50. The minimum atomic E-state index is -3.49. The Morgan fingerprint density at radius 3 is 2.87 bits per heavy atom. The predicted octanol–water partition coefficient (Wildman–Crippen LogP) is 0.848. The quantitative estimate of drug-likeness (QED) is 0.780. The number of nitrogens with one attached hydrogen (secondary N) is 2. The molecule has 1 heterocycles. The van der Waals surface area contributed by atoms with Gasteiger partial charge in [0.05, 0.1) is 12.5 Å². The molecule has 7 heteroatoms. The molecule has 0 spiro atoms. The molecule has 15 heavy (non-hydrogen) atoms. The van der Waals surface area contributed by atoms with Gasteiger partial charge in [-0.25, -0.2) is 18.1 Å². The second kappa shape index (κ2) is 4.11. The van der Waals surface area contributed by atoms with Crippen LogP contribution in [-0.2, 0) is 10.0 Å². The summed E-state index contributed by atoms with van der Waals surface area (Å²) < 4.78 is 26.1. The molecule has 0 aromatic carbocycles. The molecule has 1 aliphatic rings. The Morgan fingerprint density at radius 2 is 2.33 bits per heavy atom. The van der Waals surface area contributed by atoms with E-state index in [4.69, 9.17) is 11.6 Å². The van der Waals surface area contributed by atoms with Gasteiger partial charge in [-0.3, -0.25) is 0 Å². The summed E-state index contributed by atoms with van der Waals surface area (Å²) >= 11 is 5.99. The van der Waals surface area contributed by atoms with Crippen LogP contribution < -0.4 is 4.72 Å². The number of nitrogens with zero attached hydrogens (tertiary/aromatic N) is 1. The van der Waals surface area contributed by atoms with E-state index in [1.54, 1.807) is 0 Å². The third-order valence-corrected chi connectivity index (χ3v) is 4.44. The minimum Gasteiger partial charge on any atom is -0.335 e. The summed E-state index contributed by atoms with van der Waals surface area (Å²) in [5, 5.41) is -0.0269. The Balaban J connectivity index is 2.11. The van der Waals surface area contributed by atoms with Crippen molar-refractivity contribution in [2.24, 2.45) is 0 Å². The Bertz CT molecular complexity index is 417. The summed E-state index contributed by atoms with van der Waals surface area (Å²) in [5.41, 5.74) is 0. The molecule has 0 bridgehead atoms. The first-order valence-corrected chi connectivity index (χ1v) is 6.66. The molecule has 0 aliphatic heterocycles. The van der Waals surface area contributed by atoms with Gasteiger partial charge >= 0.3 is 0 Å². The van der Waals surface area contributed by atoms with Crippen LogP contribution in [0.4, 0.5) is 0 Å². The number of alkyl halides is 1. The van der Waals surface area contributed by atoms with E-state index < -0.39 is 10.0 Å². The van der Waals surface area contributed by atoms with Crippen molar-refractivity contribution < 1.29 is 8.42 Å². The molecule has 0 saturated heterocycles. The number of halogens is 1. The molecular weight excluding hydrogens is 238 g/mol. The standard InChI is InChI=1S/C8H12ClN3O2S/c9-6-2-1-3-7(6)12-15(13,14)8-4-10-5-11-8/h4-7,12H,1-3H2,(H,10,11). The molecule has 2 rings (SSSR count). The normalized spacial score (nSPS) is 27.0. The lowest BCUT2D eigenvalue weighted by Crippen LogP contribution is -2.37. The maximum atomic E-state index is 11.8. The van der Waals surface area contributed by atoms with Crippen molar-refractivity contribution >= 4 is 21.6 Å². The maximum absolute atomic E-state index is 11.8. The van der Waals surface area contributed by atoms with E-state index in [0.29, 0.717) is 0 Å². The predicted molar refractivity (Wildman–Crippen MR) is 56.2 cm³/mol. The molecule has 1 saturated carbocycles. The third kappa shape index (κ3) is 2.32. The smallest absolute Gasteiger partial charge is 0.257 e. The van der Waals surface area contributed by atoms with E-state index in [2.05, 4.69) is 14.7 Å². The lowest BCUT2D eigenvalue weighted by atomic mass is 10.3. The van der Waals surface area contributed by atoms with Crippen LogP contribution in [0.25, 0.3) is 0 Å².